The van der Waals surface area contributed by atoms with Gasteiger partial charge in [0.15, 0.2) is 0 Å². The Morgan fingerprint density at radius 1 is 1.00 bits per heavy atom. The minimum absolute atomic E-state index is 0.159. The second-order valence-corrected chi connectivity index (χ2v) is 6.61. The van der Waals surface area contributed by atoms with E-state index in [0.29, 0.717) is 33.2 Å². The highest BCUT2D eigenvalue weighted by atomic mass is 16.3. The van der Waals surface area contributed by atoms with Crippen LogP contribution in [0.1, 0.15) is 6.92 Å². The number of benzene rings is 1. The van der Waals surface area contributed by atoms with Crippen LogP contribution in [-0.4, -0.2) is 31.7 Å². The number of carbonyl (C=O) groups excluding carboxylic acids is 1. The van der Waals surface area contributed by atoms with E-state index in [9.17, 15) is 14.4 Å². The first-order valence-electron chi connectivity index (χ1n) is 9.02. The zero-order valence-corrected chi connectivity index (χ0v) is 15.6. The smallest absolute Gasteiger partial charge is 0.264 e. The van der Waals surface area contributed by atoms with Crippen LogP contribution in [0.25, 0.3) is 27.5 Å². The van der Waals surface area contributed by atoms with Crippen molar-refractivity contribution in [2.75, 3.05) is 11.9 Å². The maximum absolute atomic E-state index is 13.1. The topological polar surface area (TPSA) is 106 Å². The van der Waals surface area contributed by atoms with Crippen LogP contribution in [0.4, 0.5) is 5.69 Å². The second-order valence-electron chi connectivity index (χ2n) is 6.61. The molecule has 8 heteroatoms. The van der Waals surface area contributed by atoms with E-state index in [4.69, 9.17) is 5.11 Å². The molecule has 0 bridgehead atoms. The number of amides is 1. The molecule has 0 atom stereocenters. The Kier molecular flexibility index (Phi) is 4.69. The number of hydrogen-bond donors (Lipinski definition) is 2. The molecule has 0 saturated heterocycles. The van der Waals surface area contributed by atoms with Gasteiger partial charge in [0, 0.05) is 37.2 Å². The van der Waals surface area contributed by atoms with Gasteiger partial charge in [0.2, 0.25) is 5.91 Å². The van der Waals surface area contributed by atoms with Gasteiger partial charge in [-0.05, 0) is 42.5 Å². The minimum Gasteiger partial charge on any atom is -0.395 e. The van der Waals surface area contributed by atoms with Crippen LogP contribution in [0.5, 0.6) is 0 Å². The number of hydrogen-bond acceptors (Lipinski definition) is 5. The van der Waals surface area contributed by atoms with Gasteiger partial charge in [0.25, 0.3) is 11.1 Å². The van der Waals surface area contributed by atoms with Crippen LogP contribution in [0.3, 0.4) is 0 Å². The first-order chi connectivity index (χ1) is 14.0. The predicted octanol–water partition coefficient (Wildman–Crippen LogP) is 1.65. The lowest BCUT2D eigenvalue weighted by Crippen LogP contribution is -2.22. The number of anilines is 1. The first-order valence-corrected chi connectivity index (χ1v) is 9.02. The monoisotopic (exact) mass is 390 g/mol. The molecule has 0 radical (unpaired) electrons. The lowest BCUT2D eigenvalue weighted by molar-refractivity contribution is -0.114. The maximum atomic E-state index is 13.1. The summed E-state index contributed by atoms with van der Waals surface area (Å²) in [6.07, 6.45) is 3.21. The SMILES string of the molecule is CC(=O)Nc1ccc(-n2ccc3nc4ccn(CCO)c(=O)c4cc3c2=O)cc1. The van der Waals surface area contributed by atoms with Crippen molar-refractivity contribution < 1.29 is 9.90 Å². The van der Waals surface area contributed by atoms with E-state index in [1.807, 2.05) is 0 Å². The van der Waals surface area contributed by atoms with E-state index >= 15 is 0 Å². The number of rotatable bonds is 4. The third-order valence-electron chi connectivity index (χ3n) is 4.62. The second kappa shape index (κ2) is 7.33. The number of pyridine rings is 3. The van der Waals surface area contributed by atoms with Gasteiger partial charge in [-0.2, -0.15) is 0 Å². The number of aromatic nitrogens is 3. The van der Waals surface area contributed by atoms with E-state index in [1.165, 1.54) is 16.1 Å². The minimum atomic E-state index is -0.305. The Hall–Kier alpha value is -3.78. The molecule has 0 fully saturated rings. The Morgan fingerprint density at radius 2 is 1.66 bits per heavy atom. The van der Waals surface area contributed by atoms with E-state index in [-0.39, 0.29) is 30.2 Å². The summed E-state index contributed by atoms with van der Waals surface area (Å²) in [5.74, 6) is -0.176. The van der Waals surface area contributed by atoms with Crippen LogP contribution < -0.4 is 16.4 Å². The molecule has 4 rings (SSSR count). The zero-order valence-electron chi connectivity index (χ0n) is 15.6. The molecule has 0 spiro atoms. The van der Waals surface area contributed by atoms with Gasteiger partial charge in [-0.15, -0.1) is 0 Å². The Morgan fingerprint density at radius 3 is 2.31 bits per heavy atom. The Labute approximate surface area is 164 Å². The van der Waals surface area contributed by atoms with Gasteiger partial charge in [-0.25, -0.2) is 4.98 Å². The summed E-state index contributed by atoms with van der Waals surface area (Å²) >= 11 is 0. The van der Waals surface area contributed by atoms with Crippen molar-refractivity contribution in [3.05, 3.63) is 75.6 Å². The molecule has 3 aromatic heterocycles. The highest BCUT2D eigenvalue weighted by Gasteiger charge is 2.11. The normalized spacial score (nSPS) is 11.1. The molecule has 1 amide bonds. The van der Waals surface area contributed by atoms with E-state index in [2.05, 4.69) is 10.3 Å². The fourth-order valence-corrected chi connectivity index (χ4v) is 3.26. The van der Waals surface area contributed by atoms with Crippen molar-refractivity contribution in [3.63, 3.8) is 0 Å². The summed E-state index contributed by atoms with van der Waals surface area (Å²) in [5, 5.41) is 12.4. The van der Waals surface area contributed by atoms with Crippen molar-refractivity contribution in [3.8, 4) is 5.69 Å². The molecular weight excluding hydrogens is 372 g/mol. The molecule has 1 aromatic carbocycles. The van der Waals surface area contributed by atoms with Crippen molar-refractivity contribution in [2.45, 2.75) is 13.5 Å². The van der Waals surface area contributed by atoms with E-state index < -0.39 is 0 Å². The maximum Gasteiger partial charge on any atom is 0.264 e. The van der Waals surface area contributed by atoms with Gasteiger partial charge in [-0.1, -0.05) is 0 Å². The fraction of sp³-hybridized carbons (Fsp3) is 0.143. The molecule has 0 aliphatic carbocycles. The Bertz CT molecular complexity index is 1350. The fourth-order valence-electron chi connectivity index (χ4n) is 3.26. The van der Waals surface area contributed by atoms with E-state index in [0.717, 1.165) is 0 Å². The number of aliphatic hydroxyl groups is 1. The van der Waals surface area contributed by atoms with Crippen LogP contribution in [0.15, 0.2) is 64.4 Å². The first kappa shape index (κ1) is 18.6. The van der Waals surface area contributed by atoms with Crippen LogP contribution in [0.2, 0.25) is 0 Å². The van der Waals surface area contributed by atoms with Crippen LogP contribution in [-0.2, 0) is 11.3 Å². The third kappa shape index (κ3) is 3.41. The summed E-state index contributed by atoms with van der Waals surface area (Å²) in [6, 6.07) is 11.8. The number of aliphatic hydroxyl groups excluding tert-OH is 1. The van der Waals surface area contributed by atoms with Gasteiger partial charge >= 0.3 is 0 Å². The summed E-state index contributed by atoms with van der Waals surface area (Å²) in [6.45, 7) is 1.44. The van der Waals surface area contributed by atoms with Crippen molar-refractivity contribution >= 4 is 33.4 Å². The predicted molar refractivity (Wildman–Crippen MR) is 110 cm³/mol. The lowest BCUT2D eigenvalue weighted by Gasteiger charge is -2.10. The molecule has 2 N–H and O–H groups in total. The lowest BCUT2D eigenvalue weighted by atomic mass is 10.2. The zero-order chi connectivity index (χ0) is 20.5. The largest absolute Gasteiger partial charge is 0.395 e. The third-order valence-corrected chi connectivity index (χ3v) is 4.62. The number of nitrogens with one attached hydrogen (secondary N) is 1. The summed E-state index contributed by atoms with van der Waals surface area (Å²) in [4.78, 5) is 41.3. The highest BCUT2D eigenvalue weighted by molar-refractivity contribution is 5.92. The number of fused-ring (bicyclic) bond motifs is 2. The summed E-state index contributed by atoms with van der Waals surface area (Å²) in [7, 11) is 0. The standard InChI is InChI=1S/C21H18N4O4/c1-13(27)22-14-2-4-15(5-3-14)25-9-7-19-17(21(25)29)12-16-18(23-19)6-8-24(10-11-26)20(16)28/h2-9,12,26H,10-11H2,1H3,(H,22,27). The summed E-state index contributed by atoms with van der Waals surface area (Å²) in [5.41, 5.74) is 1.63. The molecule has 0 saturated carbocycles. The molecule has 146 valence electrons. The molecule has 3 heterocycles. The van der Waals surface area contributed by atoms with Crippen molar-refractivity contribution in [2.24, 2.45) is 0 Å². The van der Waals surface area contributed by atoms with Crippen LogP contribution in [0, 0.1) is 0 Å². The van der Waals surface area contributed by atoms with Crippen LogP contribution >= 0.6 is 0 Å². The average Bonchev–Trinajstić information content (AvgIpc) is 2.70. The summed E-state index contributed by atoms with van der Waals surface area (Å²) < 4.78 is 2.85. The quantitative estimate of drug-likeness (QED) is 0.516. The Balaban J connectivity index is 1.87. The van der Waals surface area contributed by atoms with Gasteiger partial charge in [0.05, 0.1) is 28.4 Å². The van der Waals surface area contributed by atoms with Gasteiger partial charge in [-0.3, -0.25) is 19.0 Å². The molecule has 8 nitrogen and oxygen atoms in total. The number of carbonyl (C=O) groups is 1. The average molecular weight is 390 g/mol. The number of nitrogens with zero attached hydrogens (tertiary/aromatic N) is 3. The molecule has 4 aromatic rings. The van der Waals surface area contributed by atoms with Gasteiger partial charge in [0.1, 0.15) is 0 Å². The van der Waals surface area contributed by atoms with Crippen molar-refractivity contribution in [1.29, 1.82) is 0 Å². The van der Waals surface area contributed by atoms with Crippen molar-refractivity contribution in [1.82, 2.24) is 14.1 Å². The molecule has 0 unspecified atom stereocenters. The van der Waals surface area contributed by atoms with E-state index in [1.54, 1.807) is 54.9 Å². The molecule has 29 heavy (non-hydrogen) atoms. The molecular formula is C21H18N4O4. The molecule has 0 aliphatic rings. The highest BCUT2D eigenvalue weighted by Crippen LogP contribution is 2.17. The molecule has 0 aliphatic heterocycles. The van der Waals surface area contributed by atoms with Gasteiger partial charge < -0.3 is 15.0 Å².